The van der Waals surface area contributed by atoms with Gasteiger partial charge in [0.2, 0.25) is 5.43 Å². The number of Topliss-reactive ketones (excluding diaryl/α,β-unsaturated/α-hetero) is 1. The molecule has 23 heavy (non-hydrogen) atoms. The van der Waals surface area contributed by atoms with Gasteiger partial charge in [-0.2, -0.15) is 0 Å². The molecule has 1 unspecified atom stereocenters. The van der Waals surface area contributed by atoms with Crippen LogP contribution < -0.4 is 10.7 Å². The van der Waals surface area contributed by atoms with Gasteiger partial charge in [-0.1, -0.05) is 36.4 Å². The molecule has 0 aromatic heterocycles. The number of hydrogen-bond acceptors (Lipinski definition) is 5. The number of fused-ring (bicyclic) bond motifs is 1. The molecule has 1 aliphatic heterocycles. The lowest BCUT2D eigenvalue weighted by molar-refractivity contribution is -0.118. The van der Waals surface area contributed by atoms with Crippen molar-refractivity contribution in [3.8, 4) is 0 Å². The standard InChI is InChI=1S/C17H14N2O3S/c1-19-15(16(21)11-7-5-6-10-14(11)23-19)17(22)18-12-8-3-2-4-9-13(12)20/h2-10,15H,1H3,(H,18,20,22). The fourth-order valence-corrected chi connectivity index (χ4v) is 3.40. The average Bonchev–Trinajstić information content (AvgIpc) is 2.72. The van der Waals surface area contributed by atoms with Crippen LogP contribution in [0.5, 0.6) is 0 Å². The van der Waals surface area contributed by atoms with Crippen molar-refractivity contribution in [2.45, 2.75) is 10.9 Å². The molecule has 0 saturated carbocycles. The van der Waals surface area contributed by atoms with Crippen LogP contribution >= 0.6 is 11.9 Å². The molecule has 1 atom stereocenters. The van der Waals surface area contributed by atoms with Crippen LogP contribution in [0.3, 0.4) is 0 Å². The van der Waals surface area contributed by atoms with Crippen molar-refractivity contribution in [1.29, 1.82) is 0 Å². The molecule has 0 aliphatic carbocycles. The van der Waals surface area contributed by atoms with Gasteiger partial charge in [0.15, 0.2) is 11.8 Å². The summed E-state index contributed by atoms with van der Waals surface area (Å²) in [6, 6.07) is 14.0. The molecular formula is C17H14N2O3S. The van der Waals surface area contributed by atoms with Gasteiger partial charge in [-0.15, -0.1) is 0 Å². The van der Waals surface area contributed by atoms with E-state index in [4.69, 9.17) is 0 Å². The number of likely N-dealkylation sites (N-methyl/N-ethyl adjacent to an activating group) is 1. The lowest BCUT2D eigenvalue weighted by Gasteiger charge is -2.30. The number of nitrogens with one attached hydrogen (secondary N) is 1. The van der Waals surface area contributed by atoms with Gasteiger partial charge >= 0.3 is 0 Å². The fraction of sp³-hybridized carbons (Fsp3) is 0.118. The van der Waals surface area contributed by atoms with Crippen molar-refractivity contribution in [2.75, 3.05) is 12.4 Å². The number of ketones is 1. The Bertz CT molecular complexity index is 838. The van der Waals surface area contributed by atoms with Crippen molar-refractivity contribution in [3.63, 3.8) is 0 Å². The third-order valence-corrected chi connectivity index (χ3v) is 4.56. The molecule has 2 aromatic carbocycles. The minimum atomic E-state index is -0.972. The summed E-state index contributed by atoms with van der Waals surface area (Å²) in [5.74, 6) is -0.782. The van der Waals surface area contributed by atoms with Gasteiger partial charge in [-0.3, -0.25) is 14.4 Å². The van der Waals surface area contributed by atoms with Crippen LogP contribution in [0.2, 0.25) is 0 Å². The first-order chi connectivity index (χ1) is 11.1. The number of carbonyl (C=O) groups excluding carboxylic acids is 2. The third kappa shape index (κ3) is 3.04. The van der Waals surface area contributed by atoms with E-state index < -0.39 is 11.9 Å². The highest BCUT2D eigenvalue weighted by atomic mass is 32.2. The predicted octanol–water partition coefficient (Wildman–Crippen LogP) is 2.19. The molecule has 1 aliphatic rings. The zero-order valence-corrected chi connectivity index (χ0v) is 13.2. The molecule has 116 valence electrons. The van der Waals surface area contributed by atoms with E-state index in [1.165, 1.54) is 24.1 Å². The summed E-state index contributed by atoms with van der Waals surface area (Å²) < 4.78 is 1.60. The SMILES string of the molecule is CN1Sc2ccccc2C(=O)C1C(=O)Nc1cccccc1=O. The fourth-order valence-electron chi connectivity index (χ4n) is 2.39. The Balaban J connectivity index is 1.90. The highest BCUT2D eigenvalue weighted by Gasteiger charge is 2.37. The second kappa shape index (κ2) is 6.36. The van der Waals surface area contributed by atoms with Crippen LogP contribution in [0.15, 0.2) is 64.3 Å². The Morgan fingerprint density at radius 1 is 1.04 bits per heavy atom. The van der Waals surface area contributed by atoms with Crippen molar-refractivity contribution in [3.05, 3.63) is 70.4 Å². The zero-order chi connectivity index (χ0) is 16.4. The molecule has 0 spiro atoms. The number of nitrogens with zero attached hydrogens (tertiary/aromatic N) is 1. The van der Waals surface area contributed by atoms with Crippen LogP contribution in [0, 0.1) is 0 Å². The van der Waals surface area contributed by atoms with Gasteiger partial charge in [0.05, 0.1) is 5.69 Å². The van der Waals surface area contributed by atoms with Crippen molar-refractivity contribution < 1.29 is 9.59 Å². The van der Waals surface area contributed by atoms with Gasteiger partial charge in [0.1, 0.15) is 0 Å². The maximum Gasteiger partial charge on any atom is 0.250 e. The first kappa shape index (κ1) is 15.5. The molecule has 1 N–H and O–H groups in total. The van der Waals surface area contributed by atoms with E-state index in [0.717, 1.165) is 4.90 Å². The lowest BCUT2D eigenvalue weighted by atomic mass is 10.0. The molecule has 3 rings (SSSR count). The van der Waals surface area contributed by atoms with Gasteiger partial charge in [0, 0.05) is 10.5 Å². The summed E-state index contributed by atoms with van der Waals surface area (Å²) in [7, 11) is 1.69. The summed E-state index contributed by atoms with van der Waals surface area (Å²) in [4.78, 5) is 37.8. The highest BCUT2D eigenvalue weighted by molar-refractivity contribution is 7.97. The molecule has 2 aromatic rings. The van der Waals surface area contributed by atoms with Crippen LogP contribution in [-0.2, 0) is 4.79 Å². The number of hydrogen-bond donors (Lipinski definition) is 1. The Morgan fingerprint density at radius 3 is 2.57 bits per heavy atom. The predicted molar refractivity (Wildman–Crippen MR) is 89.5 cm³/mol. The van der Waals surface area contributed by atoms with Crippen molar-refractivity contribution in [2.24, 2.45) is 0 Å². The van der Waals surface area contributed by atoms with E-state index in [9.17, 15) is 14.4 Å². The monoisotopic (exact) mass is 326 g/mol. The number of carbonyl (C=O) groups is 2. The van der Waals surface area contributed by atoms with Crippen LogP contribution in [0.4, 0.5) is 5.69 Å². The molecule has 0 bridgehead atoms. The smallest absolute Gasteiger partial charge is 0.250 e. The minimum Gasteiger partial charge on any atom is -0.321 e. The lowest BCUT2D eigenvalue weighted by Crippen LogP contribution is -2.47. The molecule has 0 radical (unpaired) electrons. The summed E-state index contributed by atoms with van der Waals surface area (Å²) in [5.41, 5.74) is 0.379. The van der Waals surface area contributed by atoms with Crippen LogP contribution in [0.25, 0.3) is 0 Å². The number of rotatable bonds is 2. The van der Waals surface area contributed by atoms with Crippen LogP contribution in [0.1, 0.15) is 10.4 Å². The van der Waals surface area contributed by atoms with E-state index in [1.807, 2.05) is 12.1 Å². The van der Waals surface area contributed by atoms with E-state index in [2.05, 4.69) is 5.32 Å². The maximum absolute atomic E-state index is 12.6. The minimum absolute atomic E-state index is 0.157. The maximum atomic E-state index is 12.6. The van der Waals surface area contributed by atoms with Crippen molar-refractivity contribution in [1.82, 2.24) is 4.31 Å². The number of anilines is 1. The van der Waals surface area contributed by atoms with E-state index in [1.54, 1.807) is 41.7 Å². The molecule has 1 amide bonds. The Morgan fingerprint density at radius 2 is 1.74 bits per heavy atom. The molecule has 1 heterocycles. The normalized spacial score (nSPS) is 17.4. The Labute approximate surface area is 137 Å². The second-order valence-electron chi connectivity index (χ2n) is 5.08. The summed E-state index contributed by atoms with van der Waals surface area (Å²) in [6.07, 6.45) is 0. The third-order valence-electron chi connectivity index (χ3n) is 3.51. The topological polar surface area (TPSA) is 66.5 Å². The molecule has 5 nitrogen and oxygen atoms in total. The molecule has 6 heteroatoms. The summed E-state index contributed by atoms with van der Waals surface area (Å²) >= 11 is 1.34. The number of benzene rings is 1. The first-order valence-electron chi connectivity index (χ1n) is 7.02. The zero-order valence-electron chi connectivity index (χ0n) is 12.4. The molecule has 0 fully saturated rings. The first-order valence-corrected chi connectivity index (χ1v) is 7.79. The molecule has 0 saturated heterocycles. The second-order valence-corrected chi connectivity index (χ2v) is 6.28. The highest BCUT2D eigenvalue weighted by Crippen LogP contribution is 2.33. The average molecular weight is 326 g/mol. The van der Waals surface area contributed by atoms with Crippen LogP contribution in [-0.4, -0.2) is 29.1 Å². The quantitative estimate of drug-likeness (QED) is 0.677. The van der Waals surface area contributed by atoms with Gasteiger partial charge in [-0.05, 0) is 37.2 Å². The van der Waals surface area contributed by atoms with Crippen molar-refractivity contribution >= 4 is 29.3 Å². The van der Waals surface area contributed by atoms with E-state index >= 15 is 0 Å². The Kier molecular flexibility index (Phi) is 4.27. The largest absolute Gasteiger partial charge is 0.321 e. The van der Waals surface area contributed by atoms with Gasteiger partial charge in [-0.25, -0.2) is 4.31 Å². The summed E-state index contributed by atoms with van der Waals surface area (Å²) in [5, 5.41) is 2.56. The van der Waals surface area contributed by atoms with E-state index in [0.29, 0.717) is 5.56 Å². The summed E-state index contributed by atoms with van der Waals surface area (Å²) in [6.45, 7) is 0. The molecular weight excluding hydrogens is 312 g/mol. The van der Waals surface area contributed by atoms with E-state index in [-0.39, 0.29) is 16.9 Å². The van der Waals surface area contributed by atoms with Gasteiger partial charge in [0.25, 0.3) is 5.91 Å². The van der Waals surface area contributed by atoms with Gasteiger partial charge < -0.3 is 5.32 Å². The number of amides is 1. The Hall–Kier alpha value is -2.44.